The summed E-state index contributed by atoms with van der Waals surface area (Å²) >= 11 is 0. The Bertz CT molecular complexity index is 1230. The first-order chi connectivity index (χ1) is 11.2. The number of pyridine rings is 2. The summed E-state index contributed by atoms with van der Waals surface area (Å²) in [6, 6.07) is 19.7. The molecule has 110 valence electrons. The highest BCUT2D eigenvalue weighted by molar-refractivity contribution is 5.85. The predicted octanol–water partition coefficient (Wildman–Crippen LogP) is 4.43. The van der Waals surface area contributed by atoms with Crippen molar-refractivity contribution in [1.29, 1.82) is 0 Å². The number of aromatic nitrogens is 2. The lowest BCUT2D eigenvalue weighted by atomic mass is 10.1. The van der Waals surface area contributed by atoms with E-state index >= 15 is 0 Å². The van der Waals surface area contributed by atoms with E-state index in [1.807, 2.05) is 18.2 Å². The number of nitrogens with zero attached hydrogens (tertiary/aromatic N) is 2. The topological polar surface area (TPSA) is 8.51 Å². The first-order valence-electron chi connectivity index (χ1n) is 7.65. The first-order valence-corrected chi connectivity index (χ1v) is 7.65. The van der Waals surface area contributed by atoms with Gasteiger partial charge in [0.25, 0.3) is 5.65 Å². The van der Waals surface area contributed by atoms with E-state index in [4.69, 9.17) is 0 Å². The summed E-state index contributed by atoms with van der Waals surface area (Å²) in [4.78, 5) is 0. The zero-order chi connectivity index (χ0) is 15.6. The minimum absolute atomic E-state index is 0.207. The number of hydrogen-bond donors (Lipinski definition) is 0. The van der Waals surface area contributed by atoms with Crippen molar-refractivity contribution in [2.24, 2.45) is 0 Å². The SMILES string of the molecule is Cc1ccc2c(ccc3n4c(ccc5cc(F)ccc54)c[n+]23)c1. The Morgan fingerprint density at radius 3 is 2.65 bits per heavy atom. The number of halogens is 1. The van der Waals surface area contributed by atoms with Crippen molar-refractivity contribution in [2.75, 3.05) is 0 Å². The first kappa shape index (κ1) is 12.6. The second-order valence-corrected chi connectivity index (χ2v) is 6.05. The van der Waals surface area contributed by atoms with Gasteiger partial charge in [-0.05, 0) is 55.5 Å². The van der Waals surface area contributed by atoms with Gasteiger partial charge >= 0.3 is 0 Å². The van der Waals surface area contributed by atoms with Gasteiger partial charge < -0.3 is 0 Å². The molecule has 0 aliphatic rings. The summed E-state index contributed by atoms with van der Waals surface area (Å²) in [5.41, 5.74) is 5.61. The maximum absolute atomic E-state index is 13.5. The summed E-state index contributed by atoms with van der Waals surface area (Å²) in [5, 5.41) is 2.12. The molecule has 5 rings (SSSR count). The fourth-order valence-electron chi connectivity index (χ4n) is 3.45. The molecule has 23 heavy (non-hydrogen) atoms. The molecular weight excluding hydrogens is 287 g/mol. The molecule has 0 saturated carbocycles. The Hall–Kier alpha value is -2.94. The van der Waals surface area contributed by atoms with Gasteiger partial charge in [-0.3, -0.25) is 0 Å². The minimum Gasteiger partial charge on any atom is -0.207 e. The van der Waals surface area contributed by atoms with Gasteiger partial charge in [0.05, 0.1) is 0 Å². The molecule has 3 heteroatoms. The highest BCUT2D eigenvalue weighted by atomic mass is 19.1. The molecule has 0 N–H and O–H groups in total. The second-order valence-electron chi connectivity index (χ2n) is 6.05. The van der Waals surface area contributed by atoms with Crippen LogP contribution in [0.4, 0.5) is 4.39 Å². The Morgan fingerprint density at radius 1 is 0.870 bits per heavy atom. The smallest absolute Gasteiger partial charge is 0.207 e. The Kier molecular flexibility index (Phi) is 2.35. The molecule has 5 aromatic rings. The van der Waals surface area contributed by atoms with Gasteiger partial charge in [0.2, 0.25) is 0 Å². The quantitative estimate of drug-likeness (QED) is 0.374. The maximum atomic E-state index is 13.5. The Balaban J connectivity index is 2.03. The van der Waals surface area contributed by atoms with Crippen molar-refractivity contribution in [3.8, 4) is 0 Å². The van der Waals surface area contributed by atoms with Gasteiger partial charge in [0.1, 0.15) is 23.0 Å². The number of fused-ring (bicyclic) bond motifs is 7. The summed E-state index contributed by atoms with van der Waals surface area (Å²) in [6.45, 7) is 2.10. The van der Waals surface area contributed by atoms with E-state index in [2.05, 4.69) is 52.3 Å². The van der Waals surface area contributed by atoms with E-state index in [1.54, 1.807) is 6.07 Å². The molecule has 2 nitrogen and oxygen atoms in total. The van der Waals surface area contributed by atoms with Crippen LogP contribution in [0.1, 0.15) is 5.56 Å². The molecule has 0 radical (unpaired) electrons. The number of imidazole rings is 1. The molecule has 0 spiro atoms. The second kappa shape index (κ2) is 4.29. The average molecular weight is 301 g/mol. The van der Waals surface area contributed by atoms with Gasteiger partial charge in [0.15, 0.2) is 5.52 Å². The monoisotopic (exact) mass is 301 g/mol. The van der Waals surface area contributed by atoms with Crippen LogP contribution in [0.15, 0.2) is 66.9 Å². The van der Waals surface area contributed by atoms with Crippen LogP contribution in [0.5, 0.6) is 0 Å². The van der Waals surface area contributed by atoms with E-state index in [1.165, 1.54) is 22.5 Å². The van der Waals surface area contributed by atoms with E-state index in [-0.39, 0.29) is 5.82 Å². The van der Waals surface area contributed by atoms with Crippen LogP contribution in [0, 0.1) is 12.7 Å². The standard InChI is InChI=1S/C20H14FN2/c1-13-2-7-18-14(10-13)4-9-20-22(18)12-17-6-3-15-11-16(21)5-8-19(15)23(17)20/h2-12H,1H3/q+1. The molecular formula is C20H14FN2+. The summed E-state index contributed by atoms with van der Waals surface area (Å²) in [7, 11) is 0. The third-order valence-electron chi connectivity index (χ3n) is 4.51. The third kappa shape index (κ3) is 1.70. The average Bonchev–Trinajstić information content (AvgIpc) is 2.93. The summed E-state index contributed by atoms with van der Waals surface area (Å²) in [6.07, 6.45) is 2.13. The van der Waals surface area contributed by atoms with Gasteiger partial charge in [-0.25, -0.2) is 4.39 Å². The van der Waals surface area contributed by atoms with Crippen molar-refractivity contribution < 1.29 is 8.79 Å². The number of rotatable bonds is 0. The molecule has 0 bridgehead atoms. The molecule has 3 heterocycles. The van der Waals surface area contributed by atoms with E-state index in [0.717, 1.165) is 22.1 Å². The highest BCUT2D eigenvalue weighted by Crippen LogP contribution is 2.22. The zero-order valence-electron chi connectivity index (χ0n) is 12.6. The number of hydrogen-bond acceptors (Lipinski definition) is 0. The molecule has 3 aromatic heterocycles. The largest absolute Gasteiger partial charge is 0.292 e. The van der Waals surface area contributed by atoms with Gasteiger partial charge in [-0.15, -0.1) is 0 Å². The van der Waals surface area contributed by atoms with Crippen LogP contribution in [-0.2, 0) is 0 Å². The Labute approximate surface area is 132 Å². The van der Waals surface area contributed by atoms with Crippen molar-refractivity contribution in [1.82, 2.24) is 4.40 Å². The summed E-state index contributed by atoms with van der Waals surface area (Å²) < 4.78 is 17.9. The molecule has 0 aliphatic heterocycles. The molecule has 0 atom stereocenters. The molecule has 0 amide bonds. The zero-order valence-corrected chi connectivity index (χ0v) is 12.6. The van der Waals surface area contributed by atoms with Crippen LogP contribution in [0.25, 0.3) is 33.0 Å². The lowest BCUT2D eigenvalue weighted by molar-refractivity contribution is -0.479. The van der Waals surface area contributed by atoms with Gasteiger partial charge in [-0.1, -0.05) is 11.6 Å². The fraction of sp³-hybridized carbons (Fsp3) is 0.0500. The molecule has 0 saturated heterocycles. The normalized spacial score (nSPS) is 11.9. The van der Waals surface area contributed by atoms with Crippen molar-refractivity contribution in [3.63, 3.8) is 0 Å². The van der Waals surface area contributed by atoms with E-state index < -0.39 is 0 Å². The summed E-state index contributed by atoms with van der Waals surface area (Å²) in [5.74, 6) is -0.207. The molecule has 0 unspecified atom stereocenters. The van der Waals surface area contributed by atoms with Crippen LogP contribution in [0.2, 0.25) is 0 Å². The molecule has 0 fully saturated rings. The minimum atomic E-state index is -0.207. The van der Waals surface area contributed by atoms with Crippen molar-refractivity contribution in [2.45, 2.75) is 6.92 Å². The fourth-order valence-corrected chi connectivity index (χ4v) is 3.45. The number of benzene rings is 2. The molecule has 2 aromatic carbocycles. The van der Waals surface area contributed by atoms with E-state index in [9.17, 15) is 4.39 Å². The predicted molar refractivity (Wildman–Crippen MR) is 90.3 cm³/mol. The van der Waals surface area contributed by atoms with Crippen LogP contribution in [0.3, 0.4) is 0 Å². The lowest BCUT2D eigenvalue weighted by Gasteiger charge is -2.00. The highest BCUT2D eigenvalue weighted by Gasteiger charge is 2.16. The third-order valence-corrected chi connectivity index (χ3v) is 4.51. The van der Waals surface area contributed by atoms with Crippen LogP contribution < -0.4 is 4.40 Å². The molecule has 0 aliphatic carbocycles. The van der Waals surface area contributed by atoms with Gasteiger partial charge in [0, 0.05) is 16.8 Å². The Morgan fingerprint density at radius 2 is 1.74 bits per heavy atom. The van der Waals surface area contributed by atoms with Crippen molar-refractivity contribution in [3.05, 3.63) is 78.2 Å². The van der Waals surface area contributed by atoms with Crippen molar-refractivity contribution >= 4 is 33.0 Å². The number of aryl methyl sites for hydroxylation is 1. The van der Waals surface area contributed by atoms with Gasteiger partial charge in [-0.2, -0.15) is 8.80 Å². The van der Waals surface area contributed by atoms with Crippen LogP contribution >= 0.6 is 0 Å². The lowest BCUT2D eigenvalue weighted by Crippen LogP contribution is -2.19. The van der Waals surface area contributed by atoms with E-state index in [0.29, 0.717) is 0 Å². The maximum Gasteiger partial charge on any atom is 0.292 e. The van der Waals surface area contributed by atoms with Crippen LogP contribution in [-0.4, -0.2) is 4.40 Å².